The Morgan fingerprint density at radius 1 is 0.976 bits per heavy atom. The lowest BCUT2D eigenvalue weighted by Gasteiger charge is -2.37. The third-order valence-corrected chi connectivity index (χ3v) is 7.32. The van der Waals surface area contributed by atoms with Crippen molar-refractivity contribution in [2.75, 3.05) is 49.2 Å². The number of anilines is 2. The average molecular weight is 561 g/mol. The summed E-state index contributed by atoms with van der Waals surface area (Å²) in [5.74, 6) is -1.06. The Balaban J connectivity index is 1.03. The molecule has 6 rings (SSSR count). The molecule has 2 atom stereocenters. The van der Waals surface area contributed by atoms with Crippen molar-refractivity contribution in [1.82, 2.24) is 14.8 Å². The van der Waals surface area contributed by atoms with Crippen molar-refractivity contribution in [2.45, 2.75) is 18.4 Å². The first-order chi connectivity index (χ1) is 20.0. The Morgan fingerprint density at radius 2 is 1.63 bits per heavy atom. The fourth-order valence-corrected chi connectivity index (χ4v) is 5.20. The first-order valence-electron chi connectivity index (χ1n) is 13.4. The summed E-state index contributed by atoms with van der Waals surface area (Å²) in [6.45, 7) is 3.90. The molecule has 3 heterocycles. The molecule has 41 heavy (non-hydrogen) atoms. The van der Waals surface area contributed by atoms with Gasteiger partial charge in [0.05, 0.1) is 11.5 Å². The molecular formula is C29H29FN6O5. The minimum absolute atomic E-state index is 0.0953. The van der Waals surface area contributed by atoms with Gasteiger partial charge in [-0.3, -0.25) is 10.1 Å². The van der Waals surface area contributed by atoms with Crippen molar-refractivity contribution in [3.05, 3.63) is 107 Å². The van der Waals surface area contributed by atoms with E-state index in [0.29, 0.717) is 11.3 Å². The van der Waals surface area contributed by atoms with Gasteiger partial charge in [0.25, 0.3) is 5.69 Å². The molecular weight excluding hydrogens is 531 g/mol. The quantitative estimate of drug-likeness (QED) is 0.222. The van der Waals surface area contributed by atoms with Gasteiger partial charge in [-0.1, -0.05) is 18.2 Å². The highest BCUT2D eigenvalue weighted by Gasteiger charge is 2.46. The van der Waals surface area contributed by atoms with Crippen LogP contribution in [-0.2, 0) is 21.8 Å². The Kier molecular flexibility index (Phi) is 7.49. The molecule has 1 aromatic heterocycles. The van der Waals surface area contributed by atoms with Crippen molar-refractivity contribution in [2.24, 2.45) is 0 Å². The van der Waals surface area contributed by atoms with E-state index in [0.717, 1.165) is 37.6 Å². The van der Waals surface area contributed by atoms with Gasteiger partial charge in [-0.2, -0.15) is 5.10 Å². The number of ether oxygens (including phenoxy) is 3. The highest BCUT2D eigenvalue weighted by molar-refractivity contribution is 5.54. The zero-order valence-electron chi connectivity index (χ0n) is 22.2. The molecule has 2 aliphatic rings. The highest BCUT2D eigenvalue weighted by Crippen LogP contribution is 2.37. The normalized spacial score (nSPS) is 20.8. The van der Waals surface area contributed by atoms with Crippen LogP contribution >= 0.6 is 0 Å². The van der Waals surface area contributed by atoms with Crippen LogP contribution in [0.3, 0.4) is 0 Å². The smallest absolute Gasteiger partial charge is 0.269 e. The number of nitro benzene ring substituents is 1. The predicted molar refractivity (Wildman–Crippen MR) is 148 cm³/mol. The van der Waals surface area contributed by atoms with Crippen molar-refractivity contribution < 1.29 is 23.5 Å². The van der Waals surface area contributed by atoms with Gasteiger partial charge in [-0.25, -0.2) is 14.1 Å². The lowest BCUT2D eigenvalue weighted by Crippen LogP contribution is -2.46. The Hall–Kier alpha value is -4.55. The molecule has 0 N–H and O–H groups in total. The number of halogens is 1. The molecule has 12 heteroatoms. The molecule has 0 aliphatic carbocycles. The molecule has 2 aliphatic heterocycles. The fourth-order valence-electron chi connectivity index (χ4n) is 5.20. The van der Waals surface area contributed by atoms with E-state index in [1.807, 2.05) is 24.3 Å². The van der Waals surface area contributed by atoms with E-state index in [9.17, 15) is 14.5 Å². The molecule has 212 valence electrons. The molecule has 0 saturated carbocycles. The lowest BCUT2D eigenvalue weighted by molar-refractivity contribution is -0.384. The van der Waals surface area contributed by atoms with Gasteiger partial charge >= 0.3 is 0 Å². The number of hydrogen-bond acceptors (Lipinski definition) is 9. The maximum Gasteiger partial charge on any atom is 0.269 e. The molecule has 2 unspecified atom stereocenters. The van der Waals surface area contributed by atoms with Crippen LogP contribution in [0.4, 0.5) is 21.5 Å². The van der Waals surface area contributed by atoms with Crippen LogP contribution in [0.2, 0.25) is 0 Å². The van der Waals surface area contributed by atoms with E-state index < -0.39 is 17.7 Å². The van der Waals surface area contributed by atoms with Gasteiger partial charge < -0.3 is 24.0 Å². The third kappa shape index (κ3) is 5.83. The highest BCUT2D eigenvalue weighted by atomic mass is 19.1. The zero-order valence-corrected chi connectivity index (χ0v) is 22.2. The van der Waals surface area contributed by atoms with E-state index in [-0.39, 0.29) is 30.4 Å². The molecule has 2 saturated heterocycles. The number of nitro groups is 1. The van der Waals surface area contributed by atoms with Crippen LogP contribution in [0.5, 0.6) is 5.75 Å². The van der Waals surface area contributed by atoms with Crippen LogP contribution in [-0.4, -0.2) is 65.2 Å². The van der Waals surface area contributed by atoms with E-state index in [4.69, 9.17) is 14.2 Å². The van der Waals surface area contributed by atoms with Gasteiger partial charge in [-0.15, -0.1) is 0 Å². The summed E-state index contributed by atoms with van der Waals surface area (Å²) in [5.41, 5.74) is 2.47. The SMILES string of the molecule is O=[N+]([O-])c1ccc(N2CCN(c3ccc(OCC4COC(Cn5cncn5)(c5ccccc5F)O4)cc3)CC2)cc1. The maximum absolute atomic E-state index is 14.8. The summed E-state index contributed by atoms with van der Waals surface area (Å²) in [6.07, 6.45) is 2.54. The van der Waals surface area contributed by atoms with E-state index in [1.54, 1.807) is 47.1 Å². The molecule has 0 spiro atoms. The van der Waals surface area contributed by atoms with Crippen molar-refractivity contribution in [3.63, 3.8) is 0 Å². The molecule has 0 radical (unpaired) electrons. The lowest BCUT2D eigenvalue weighted by atomic mass is 10.1. The molecule has 4 aromatic rings. The number of nitrogens with zero attached hydrogens (tertiary/aromatic N) is 6. The number of piperazine rings is 1. The van der Waals surface area contributed by atoms with E-state index >= 15 is 0 Å². The molecule has 2 fully saturated rings. The molecule has 3 aromatic carbocycles. The van der Waals surface area contributed by atoms with Crippen LogP contribution in [0.25, 0.3) is 0 Å². The van der Waals surface area contributed by atoms with Crippen LogP contribution < -0.4 is 14.5 Å². The summed E-state index contributed by atoms with van der Waals surface area (Å²) in [6, 6.07) is 21.0. The second kappa shape index (κ2) is 11.5. The second-order valence-corrected chi connectivity index (χ2v) is 9.93. The van der Waals surface area contributed by atoms with Gasteiger partial charge in [0.1, 0.15) is 43.5 Å². The summed E-state index contributed by atoms with van der Waals surface area (Å²) in [4.78, 5) is 19.0. The number of hydrogen-bond donors (Lipinski definition) is 0. The topological polar surface area (TPSA) is 108 Å². The van der Waals surface area contributed by atoms with Gasteiger partial charge in [-0.05, 0) is 42.5 Å². The second-order valence-electron chi connectivity index (χ2n) is 9.93. The minimum atomic E-state index is -1.34. The molecule has 0 amide bonds. The van der Waals surface area contributed by atoms with Gasteiger partial charge in [0.2, 0.25) is 5.79 Å². The third-order valence-electron chi connectivity index (χ3n) is 7.32. The van der Waals surface area contributed by atoms with Gasteiger partial charge in [0.15, 0.2) is 0 Å². The summed E-state index contributed by atoms with van der Waals surface area (Å²) < 4.78 is 34.7. The minimum Gasteiger partial charge on any atom is -0.491 e. The first-order valence-corrected chi connectivity index (χ1v) is 13.4. The van der Waals surface area contributed by atoms with Crippen molar-refractivity contribution >= 4 is 17.1 Å². The predicted octanol–water partition coefficient (Wildman–Crippen LogP) is 4.00. The van der Waals surface area contributed by atoms with Crippen LogP contribution in [0, 0.1) is 15.9 Å². The standard InChI is InChI=1S/C29H29FN6O5/c30-28-4-2-1-3-27(28)29(19-35-21-31-20-32-35)40-18-26(41-29)17-39-25-11-9-23(10-12-25)34-15-13-33(14-16-34)22-5-7-24(8-6-22)36(37)38/h1-12,20-21,26H,13-19H2. The Bertz CT molecular complexity index is 1460. The average Bonchev–Trinajstić information content (AvgIpc) is 3.67. The summed E-state index contributed by atoms with van der Waals surface area (Å²) in [7, 11) is 0. The maximum atomic E-state index is 14.8. The number of aromatic nitrogens is 3. The summed E-state index contributed by atoms with van der Waals surface area (Å²) in [5, 5.41) is 15.0. The number of non-ortho nitro benzene ring substituents is 1. The molecule has 0 bridgehead atoms. The summed E-state index contributed by atoms with van der Waals surface area (Å²) >= 11 is 0. The number of benzene rings is 3. The van der Waals surface area contributed by atoms with Crippen LogP contribution in [0.15, 0.2) is 85.5 Å². The number of rotatable bonds is 9. The van der Waals surface area contributed by atoms with E-state index in [1.165, 1.54) is 18.7 Å². The van der Waals surface area contributed by atoms with E-state index in [2.05, 4.69) is 19.9 Å². The largest absolute Gasteiger partial charge is 0.491 e. The van der Waals surface area contributed by atoms with Crippen molar-refractivity contribution in [1.29, 1.82) is 0 Å². The molecule has 11 nitrogen and oxygen atoms in total. The fraction of sp³-hybridized carbons (Fsp3) is 0.310. The van der Waals surface area contributed by atoms with Crippen LogP contribution in [0.1, 0.15) is 5.56 Å². The first kappa shape index (κ1) is 26.7. The monoisotopic (exact) mass is 560 g/mol. The zero-order chi connectivity index (χ0) is 28.2. The Labute approximate surface area is 235 Å². The van der Waals surface area contributed by atoms with Gasteiger partial charge in [0, 0.05) is 55.2 Å². The Morgan fingerprint density at radius 3 is 2.24 bits per heavy atom. The van der Waals surface area contributed by atoms with Crippen molar-refractivity contribution in [3.8, 4) is 5.75 Å².